The summed E-state index contributed by atoms with van der Waals surface area (Å²) in [4.78, 5) is 16.3. The molecule has 5 nitrogen and oxygen atoms in total. The number of aliphatic hydroxyl groups excluding tert-OH is 1. The Morgan fingerprint density at radius 3 is 3.05 bits per heavy atom. The van der Waals surface area contributed by atoms with Crippen molar-refractivity contribution in [2.45, 2.75) is 25.5 Å². The maximum atomic E-state index is 12.0. The molecule has 2 aromatic rings. The van der Waals surface area contributed by atoms with Gasteiger partial charge in [-0.05, 0) is 17.9 Å². The van der Waals surface area contributed by atoms with E-state index in [9.17, 15) is 9.90 Å². The lowest BCUT2D eigenvalue weighted by molar-refractivity contribution is -0.129. The van der Waals surface area contributed by atoms with Crippen LogP contribution in [0.1, 0.15) is 23.9 Å². The highest BCUT2D eigenvalue weighted by Gasteiger charge is 2.22. The normalized spacial score (nSPS) is 18.8. The second-order valence-electron chi connectivity index (χ2n) is 5.45. The first-order valence-corrected chi connectivity index (χ1v) is 7.25. The number of nitrogens with zero attached hydrogens (tertiary/aromatic N) is 2. The van der Waals surface area contributed by atoms with Crippen molar-refractivity contribution < 1.29 is 9.90 Å². The van der Waals surface area contributed by atoms with E-state index in [-0.39, 0.29) is 5.91 Å². The average molecular weight is 285 g/mol. The molecule has 0 spiro atoms. The standard InChI is InChI=1S/C16H19N3O2/c20-15(13-4-2-1-3-5-13)16(21)18-11-12-6-8-19-9-7-17-14(19)10-12/h1-5,7,9,12,15,20H,6,8,10-11H2,(H,18,21)/t12-,15-/m0/s1. The molecule has 0 radical (unpaired) electrons. The largest absolute Gasteiger partial charge is 0.378 e. The molecule has 1 aliphatic rings. The van der Waals surface area contributed by atoms with Gasteiger partial charge in [0, 0.05) is 31.9 Å². The number of aryl methyl sites for hydroxylation is 1. The van der Waals surface area contributed by atoms with E-state index in [2.05, 4.69) is 14.9 Å². The third kappa shape index (κ3) is 3.13. The summed E-state index contributed by atoms with van der Waals surface area (Å²) in [5.74, 6) is 1.12. The van der Waals surface area contributed by atoms with Gasteiger partial charge in [-0.2, -0.15) is 0 Å². The van der Waals surface area contributed by atoms with Crippen LogP contribution in [0.2, 0.25) is 0 Å². The van der Waals surface area contributed by atoms with Crippen LogP contribution in [-0.4, -0.2) is 27.1 Å². The number of aliphatic hydroxyl groups is 1. The molecule has 0 fully saturated rings. The molecule has 21 heavy (non-hydrogen) atoms. The molecule has 1 aromatic carbocycles. The molecular formula is C16H19N3O2. The Bertz CT molecular complexity index is 609. The topological polar surface area (TPSA) is 67.2 Å². The van der Waals surface area contributed by atoms with Crippen molar-refractivity contribution in [1.82, 2.24) is 14.9 Å². The lowest BCUT2D eigenvalue weighted by Crippen LogP contribution is -2.36. The molecule has 0 bridgehead atoms. The van der Waals surface area contributed by atoms with Crippen LogP contribution in [0.3, 0.4) is 0 Å². The average Bonchev–Trinajstić information content (AvgIpc) is 3.00. The molecule has 0 unspecified atom stereocenters. The maximum absolute atomic E-state index is 12.0. The van der Waals surface area contributed by atoms with Crippen LogP contribution >= 0.6 is 0 Å². The Morgan fingerprint density at radius 2 is 2.24 bits per heavy atom. The van der Waals surface area contributed by atoms with E-state index in [0.717, 1.165) is 25.2 Å². The second kappa shape index (κ2) is 6.10. The zero-order chi connectivity index (χ0) is 14.7. The fourth-order valence-corrected chi connectivity index (χ4v) is 2.72. The molecule has 1 aliphatic heterocycles. The van der Waals surface area contributed by atoms with E-state index in [0.29, 0.717) is 18.0 Å². The van der Waals surface area contributed by atoms with Crippen molar-refractivity contribution in [3.63, 3.8) is 0 Å². The summed E-state index contributed by atoms with van der Waals surface area (Å²) in [6, 6.07) is 8.99. The Morgan fingerprint density at radius 1 is 1.43 bits per heavy atom. The van der Waals surface area contributed by atoms with Crippen LogP contribution in [0.4, 0.5) is 0 Å². The molecule has 2 N–H and O–H groups in total. The van der Waals surface area contributed by atoms with Gasteiger partial charge < -0.3 is 15.0 Å². The Balaban J connectivity index is 1.53. The minimum atomic E-state index is -1.10. The smallest absolute Gasteiger partial charge is 0.253 e. The SMILES string of the molecule is O=C(NC[C@H]1CCn2ccnc2C1)[C@@H](O)c1ccccc1. The molecule has 5 heteroatoms. The number of fused-ring (bicyclic) bond motifs is 1. The third-order valence-electron chi connectivity index (χ3n) is 3.98. The van der Waals surface area contributed by atoms with E-state index in [1.54, 1.807) is 12.1 Å². The van der Waals surface area contributed by atoms with Gasteiger partial charge in [-0.15, -0.1) is 0 Å². The van der Waals surface area contributed by atoms with E-state index in [1.807, 2.05) is 30.6 Å². The number of nitrogens with one attached hydrogen (secondary N) is 1. The van der Waals surface area contributed by atoms with Gasteiger partial charge in [-0.25, -0.2) is 4.98 Å². The van der Waals surface area contributed by atoms with E-state index in [4.69, 9.17) is 0 Å². The number of carbonyl (C=O) groups excluding carboxylic acids is 1. The monoisotopic (exact) mass is 285 g/mol. The zero-order valence-electron chi connectivity index (χ0n) is 11.8. The quantitative estimate of drug-likeness (QED) is 0.889. The molecule has 0 aliphatic carbocycles. The van der Waals surface area contributed by atoms with Crippen LogP contribution in [-0.2, 0) is 17.8 Å². The van der Waals surface area contributed by atoms with Gasteiger partial charge in [0.2, 0.25) is 0 Å². The summed E-state index contributed by atoms with van der Waals surface area (Å²) in [6.07, 6.45) is 4.59. The number of amides is 1. The van der Waals surface area contributed by atoms with Crippen molar-refractivity contribution in [1.29, 1.82) is 0 Å². The van der Waals surface area contributed by atoms with Crippen LogP contribution in [0.15, 0.2) is 42.7 Å². The predicted octanol–water partition coefficient (Wildman–Crippen LogP) is 1.30. The van der Waals surface area contributed by atoms with E-state index >= 15 is 0 Å². The first-order chi connectivity index (χ1) is 10.2. The molecule has 0 saturated carbocycles. The number of benzene rings is 1. The summed E-state index contributed by atoms with van der Waals surface area (Å²) < 4.78 is 2.15. The zero-order valence-corrected chi connectivity index (χ0v) is 11.8. The molecule has 0 saturated heterocycles. The highest BCUT2D eigenvalue weighted by Crippen LogP contribution is 2.19. The van der Waals surface area contributed by atoms with Gasteiger partial charge in [-0.3, -0.25) is 4.79 Å². The third-order valence-corrected chi connectivity index (χ3v) is 3.98. The number of rotatable bonds is 4. The van der Waals surface area contributed by atoms with Gasteiger partial charge >= 0.3 is 0 Å². The van der Waals surface area contributed by atoms with Crippen LogP contribution in [0.25, 0.3) is 0 Å². The summed E-state index contributed by atoms with van der Waals surface area (Å²) in [7, 11) is 0. The van der Waals surface area contributed by atoms with Gasteiger partial charge in [0.1, 0.15) is 5.82 Å². The molecule has 110 valence electrons. The van der Waals surface area contributed by atoms with Crippen molar-refractivity contribution in [2.75, 3.05) is 6.54 Å². The van der Waals surface area contributed by atoms with E-state index < -0.39 is 6.10 Å². The Labute approximate surface area is 123 Å². The lowest BCUT2D eigenvalue weighted by atomic mass is 9.97. The Kier molecular flexibility index (Phi) is 4.01. The van der Waals surface area contributed by atoms with Gasteiger partial charge in [0.05, 0.1) is 0 Å². The Hall–Kier alpha value is -2.14. The molecule has 3 rings (SSSR count). The first-order valence-electron chi connectivity index (χ1n) is 7.25. The van der Waals surface area contributed by atoms with Crippen molar-refractivity contribution in [3.05, 3.63) is 54.1 Å². The van der Waals surface area contributed by atoms with Gasteiger partial charge in [-0.1, -0.05) is 30.3 Å². The molecular weight excluding hydrogens is 266 g/mol. The first kappa shape index (κ1) is 13.8. The summed E-state index contributed by atoms with van der Waals surface area (Å²) in [5, 5.41) is 12.9. The van der Waals surface area contributed by atoms with Crippen molar-refractivity contribution in [2.24, 2.45) is 5.92 Å². The van der Waals surface area contributed by atoms with Crippen LogP contribution < -0.4 is 5.32 Å². The highest BCUT2D eigenvalue weighted by atomic mass is 16.3. The number of carbonyl (C=O) groups is 1. The fraction of sp³-hybridized carbons (Fsp3) is 0.375. The lowest BCUT2D eigenvalue weighted by Gasteiger charge is -2.24. The summed E-state index contributed by atoms with van der Waals surface area (Å²) >= 11 is 0. The molecule has 2 atom stereocenters. The van der Waals surface area contributed by atoms with Crippen molar-refractivity contribution in [3.8, 4) is 0 Å². The second-order valence-corrected chi connectivity index (χ2v) is 5.45. The summed E-state index contributed by atoms with van der Waals surface area (Å²) in [5.41, 5.74) is 0.620. The number of hydrogen-bond donors (Lipinski definition) is 2. The predicted molar refractivity (Wildman–Crippen MR) is 78.4 cm³/mol. The van der Waals surface area contributed by atoms with Gasteiger partial charge in [0.15, 0.2) is 6.10 Å². The fourth-order valence-electron chi connectivity index (χ4n) is 2.72. The highest BCUT2D eigenvalue weighted by molar-refractivity contribution is 5.81. The van der Waals surface area contributed by atoms with Gasteiger partial charge in [0.25, 0.3) is 5.91 Å². The minimum absolute atomic E-state index is 0.338. The molecule has 1 amide bonds. The van der Waals surface area contributed by atoms with Crippen LogP contribution in [0, 0.1) is 5.92 Å². The number of imidazole rings is 1. The number of hydrogen-bond acceptors (Lipinski definition) is 3. The number of aromatic nitrogens is 2. The summed E-state index contributed by atoms with van der Waals surface area (Å²) in [6.45, 7) is 1.52. The molecule has 2 heterocycles. The van der Waals surface area contributed by atoms with Crippen LogP contribution in [0.5, 0.6) is 0 Å². The molecule has 1 aromatic heterocycles. The minimum Gasteiger partial charge on any atom is -0.378 e. The maximum Gasteiger partial charge on any atom is 0.253 e. The van der Waals surface area contributed by atoms with E-state index in [1.165, 1.54) is 0 Å². The van der Waals surface area contributed by atoms with Crippen molar-refractivity contribution >= 4 is 5.91 Å².